The first kappa shape index (κ1) is 14.9. The number of benzene rings is 1. The normalized spacial score (nSPS) is 17.1. The van der Waals surface area contributed by atoms with E-state index in [4.69, 9.17) is 16.3 Å². The minimum atomic E-state index is -0.273. The standard InChI is InChI=1S/C14H14ClNO3S/c1-3-16-13(17)12(20-14(16)18)8-9-7-10(15)5-6-11(9)19-4-2/h5-8H,3-4H2,1-2H3/b12-8-. The molecule has 4 nitrogen and oxygen atoms in total. The van der Waals surface area contributed by atoms with Gasteiger partial charge in [-0.3, -0.25) is 14.5 Å². The fraction of sp³-hybridized carbons (Fsp3) is 0.286. The maximum Gasteiger partial charge on any atom is 0.293 e. The molecule has 0 spiro atoms. The van der Waals surface area contributed by atoms with Gasteiger partial charge in [0.2, 0.25) is 0 Å². The molecule has 1 aliphatic rings. The van der Waals surface area contributed by atoms with Crippen molar-refractivity contribution in [2.24, 2.45) is 0 Å². The monoisotopic (exact) mass is 311 g/mol. The van der Waals surface area contributed by atoms with Crippen LogP contribution in [0.4, 0.5) is 4.79 Å². The van der Waals surface area contributed by atoms with Gasteiger partial charge in [0.25, 0.3) is 11.1 Å². The molecule has 1 fully saturated rings. The molecule has 106 valence electrons. The molecule has 0 atom stereocenters. The van der Waals surface area contributed by atoms with Crippen molar-refractivity contribution < 1.29 is 14.3 Å². The second-order valence-corrected chi connectivity index (χ2v) is 5.47. The van der Waals surface area contributed by atoms with Crippen molar-refractivity contribution >= 4 is 40.6 Å². The Morgan fingerprint density at radius 3 is 2.70 bits per heavy atom. The fourth-order valence-corrected chi connectivity index (χ4v) is 2.91. The number of hydrogen-bond acceptors (Lipinski definition) is 4. The van der Waals surface area contributed by atoms with Crippen molar-refractivity contribution in [1.82, 2.24) is 4.90 Å². The smallest absolute Gasteiger partial charge is 0.293 e. The van der Waals surface area contributed by atoms with Crippen LogP contribution in [-0.2, 0) is 4.79 Å². The molecule has 0 unspecified atom stereocenters. The van der Waals surface area contributed by atoms with Crippen molar-refractivity contribution in [3.8, 4) is 5.75 Å². The number of halogens is 1. The lowest BCUT2D eigenvalue weighted by molar-refractivity contribution is -0.122. The number of imide groups is 1. The Balaban J connectivity index is 2.38. The molecule has 1 aromatic rings. The van der Waals surface area contributed by atoms with E-state index in [-0.39, 0.29) is 11.1 Å². The Labute approximate surface area is 126 Å². The van der Waals surface area contributed by atoms with Gasteiger partial charge in [-0.15, -0.1) is 0 Å². The molecule has 0 aliphatic carbocycles. The van der Waals surface area contributed by atoms with Gasteiger partial charge in [-0.25, -0.2) is 0 Å². The molecule has 2 rings (SSSR count). The van der Waals surface area contributed by atoms with Crippen LogP contribution in [0, 0.1) is 0 Å². The van der Waals surface area contributed by atoms with E-state index in [0.717, 1.165) is 11.8 Å². The van der Waals surface area contributed by atoms with E-state index in [1.54, 1.807) is 31.2 Å². The van der Waals surface area contributed by atoms with Crippen molar-refractivity contribution in [2.75, 3.05) is 13.2 Å². The Hall–Kier alpha value is -1.46. The van der Waals surface area contributed by atoms with Crippen LogP contribution < -0.4 is 4.74 Å². The summed E-state index contributed by atoms with van der Waals surface area (Å²) in [5.74, 6) is 0.366. The second-order valence-electron chi connectivity index (χ2n) is 4.04. The summed E-state index contributed by atoms with van der Waals surface area (Å²) >= 11 is 6.90. The first-order valence-electron chi connectivity index (χ1n) is 6.24. The first-order chi connectivity index (χ1) is 9.56. The molecule has 0 aromatic heterocycles. The summed E-state index contributed by atoms with van der Waals surface area (Å²) in [6, 6.07) is 5.19. The molecule has 0 saturated carbocycles. The molecule has 6 heteroatoms. The minimum absolute atomic E-state index is 0.247. The van der Waals surface area contributed by atoms with Crippen LogP contribution in [0.15, 0.2) is 23.1 Å². The topological polar surface area (TPSA) is 46.6 Å². The maximum absolute atomic E-state index is 12.0. The summed E-state index contributed by atoms with van der Waals surface area (Å²) in [6.07, 6.45) is 1.65. The van der Waals surface area contributed by atoms with Crippen LogP contribution in [0.5, 0.6) is 5.75 Å². The van der Waals surface area contributed by atoms with Crippen LogP contribution in [0.2, 0.25) is 5.02 Å². The lowest BCUT2D eigenvalue weighted by atomic mass is 10.2. The number of rotatable bonds is 4. The molecule has 1 saturated heterocycles. The number of carbonyl (C=O) groups is 2. The average molecular weight is 312 g/mol. The summed E-state index contributed by atoms with van der Waals surface area (Å²) in [6.45, 7) is 4.53. The summed E-state index contributed by atoms with van der Waals surface area (Å²) in [7, 11) is 0. The van der Waals surface area contributed by atoms with Crippen molar-refractivity contribution in [2.45, 2.75) is 13.8 Å². The van der Waals surface area contributed by atoms with Gasteiger partial charge in [-0.1, -0.05) is 11.6 Å². The Bertz CT molecular complexity index is 586. The highest BCUT2D eigenvalue weighted by molar-refractivity contribution is 8.18. The van der Waals surface area contributed by atoms with E-state index in [1.165, 1.54) is 4.90 Å². The zero-order valence-electron chi connectivity index (χ0n) is 11.2. The Kier molecular flexibility index (Phi) is 4.73. The van der Waals surface area contributed by atoms with Crippen LogP contribution in [-0.4, -0.2) is 29.2 Å². The van der Waals surface area contributed by atoms with E-state index >= 15 is 0 Å². The van der Waals surface area contributed by atoms with Gasteiger partial charge in [-0.05, 0) is 49.9 Å². The largest absolute Gasteiger partial charge is 0.493 e. The van der Waals surface area contributed by atoms with Crippen LogP contribution in [0.25, 0.3) is 6.08 Å². The zero-order valence-corrected chi connectivity index (χ0v) is 12.8. The van der Waals surface area contributed by atoms with Gasteiger partial charge in [0, 0.05) is 17.1 Å². The molecular weight excluding hydrogens is 298 g/mol. The highest BCUT2D eigenvalue weighted by Gasteiger charge is 2.33. The average Bonchev–Trinajstić information content (AvgIpc) is 2.67. The minimum Gasteiger partial charge on any atom is -0.493 e. The van der Waals surface area contributed by atoms with Gasteiger partial charge >= 0.3 is 0 Å². The number of ether oxygens (including phenoxy) is 1. The second kappa shape index (κ2) is 6.33. The number of hydrogen-bond donors (Lipinski definition) is 0. The van der Waals surface area contributed by atoms with Crippen molar-refractivity contribution in [3.05, 3.63) is 33.7 Å². The summed E-state index contributed by atoms with van der Waals surface area (Å²) in [4.78, 5) is 25.3. The number of amides is 2. The van der Waals surface area contributed by atoms with E-state index < -0.39 is 0 Å². The van der Waals surface area contributed by atoms with Crippen molar-refractivity contribution in [1.29, 1.82) is 0 Å². The van der Waals surface area contributed by atoms with Crippen LogP contribution in [0.1, 0.15) is 19.4 Å². The predicted octanol–water partition coefficient (Wildman–Crippen LogP) is 3.79. The fourth-order valence-electron chi connectivity index (χ4n) is 1.83. The number of thioether (sulfide) groups is 1. The van der Waals surface area contributed by atoms with Crippen LogP contribution >= 0.6 is 23.4 Å². The van der Waals surface area contributed by atoms with E-state index in [2.05, 4.69) is 0 Å². The highest BCUT2D eigenvalue weighted by Crippen LogP contribution is 2.34. The van der Waals surface area contributed by atoms with Crippen LogP contribution in [0.3, 0.4) is 0 Å². The Morgan fingerprint density at radius 1 is 1.35 bits per heavy atom. The van der Waals surface area contributed by atoms with Gasteiger partial charge < -0.3 is 4.74 Å². The summed E-state index contributed by atoms with van der Waals surface area (Å²) in [5.41, 5.74) is 0.695. The zero-order chi connectivity index (χ0) is 14.7. The molecule has 2 amide bonds. The third-order valence-corrected chi connectivity index (χ3v) is 3.89. The maximum atomic E-state index is 12.0. The molecule has 0 radical (unpaired) electrons. The number of likely N-dealkylation sites (N-methyl/N-ethyl adjacent to an activating group) is 1. The third kappa shape index (κ3) is 2.99. The number of carbonyl (C=O) groups excluding carboxylic acids is 2. The summed E-state index contributed by atoms with van der Waals surface area (Å²) in [5, 5.41) is 0.304. The van der Waals surface area contributed by atoms with Gasteiger partial charge in [0.05, 0.1) is 11.5 Å². The lowest BCUT2D eigenvalue weighted by Crippen LogP contribution is -2.27. The summed E-state index contributed by atoms with van der Waals surface area (Å²) < 4.78 is 5.50. The SMILES string of the molecule is CCOc1ccc(Cl)cc1/C=C1\SC(=O)N(CC)C1=O. The first-order valence-corrected chi connectivity index (χ1v) is 7.44. The van der Waals surface area contributed by atoms with E-state index in [1.807, 2.05) is 6.92 Å². The predicted molar refractivity (Wildman–Crippen MR) is 81.0 cm³/mol. The molecule has 0 bridgehead atoms. The molecule has 1 heterocycles. The van der Waals surface area contributed by atoms with Gasteiger partial charge in [0.15, 0.2) is 0 Å². The molecule has 1 aromatic carbocycles. The Morgan fingerprint density at radius 2 is 2.10 bits per heavy atom. The van der Waals surface area contributed by atoms with Gasteiger partial charge in [-0.2, -0.15) is 0 Å². The molecule has 20 heavy (non-hydrogen) atoms. The lowest BCUT2D eigenvalue weighted by Gasteiger charge is -2.09. The van der Waals surface area contributed by atoms with E-state index in [0.29, 0.717) is 34.4 Å². The quantitative estimate of drug-likeness (QED) is 0.794. The van der Waals surface area contributed by atoms with Crippen molar-refractivity contribution in [3.63, 3.8) is 0 Å². The van der Waals surface area contributed by atoms with Gasteiger partial charge in [0.1, 0.15) is 5.75 Å². The molecule has 0 N–H and O–H groups in total. The third-order valence-electron chi connectivity index (χ3n) is 2.75. The molecule has 1 aliphatic heterocycles. The molecular formula is C14H14ClNO3S. The van der Waals surface area contributed by atoms with E-state index in [9.17, 15) is 9.59 Å². The number of nitrogens with zero attached hydrogens (tertiary/aromatic N) is 1. The highest BCUT2D eigenvalue weighted by atomic mass is 35.5.